The van der Waals surface area contributed by atoms with E-state index in [4.69, 9.17) is 0 Å². The van der Waals surface area contributed by atoms with Crippen LogP contribution in [0.2, 0.25) is 0 Å². The Morgan fingerprint density at radius 3 is 2.33 bits per heavy atom. The molecule has 0 fully saturated rings. The van der Waals surface area contributed by atoms with Gasteiger partial charge < -0.3 is 4.57 Å². The number of hydrogen-bond acceptors (Lipinski definition) is 4. The molecule has 1 N–H and O–H groups in total. The van der Waals surface area contributed by atoms with Crippen LogP contribution in [0.4, 0.5) is 5.69 Å². The van der Waals surface area contributed by atoms with E-state index in [2.05, 4.69) is 63.1 Å². The molecule has 174 valence electrons. The van der Waals surface area contributed by atoms with E-state index in [-0.39, 0.29) is 6.54 Å². The highest BCUT2D eigenvalue weighted by molar-refractivity contribution is 9.10. The van der Waals surface area contributed by atoms with Crippen LogP contribution in [0.3, 0.4) is 0 Å². The van der Waals surface area contributed by atoms with Gasteiger partial charge in [-0.05, 0) is 81.3 Å². The number of nitrogens with one attached hydrogen (secondary N) is 1. The fourth-order valence-corrected chi connectivity index (χ4v) is 4.65. The van der Waals surface area contributed by atoms with Gasteiger partial charge in [0.1, 0.15) is 6.54 Å². The van der Waals surface area contributed by atoms with Gasteiger partial charge in [0.25, 0.3) is 5.91 Å². The number of anilines is 1. The third kappa shape index (κ3) is 5.91. The van der Waals surface area contributed by atoms with Gasteiger partial charge in [-0.15, -0.1) is 0 Å². The molecule has 1 heterocycles. The number of carbonyl (C=O) groups excluding carboxylic acids is 1. The number of aryl methyl sites for hydroxylation is 3. The van der Waals surface area contributed by atoms with Gasteiger partial charge in [0, 0.05) is 27.1 Å². The van der Waals surface area contributed by atoms with E-state index < -0.39 is 15.9 Å². The van der Waals surface area contributed by atoms with Crippen molar-refractivity contribution in [2.45, 2.75) is 27.7 Å². The molecule has 0 spiro atoms. The Hall–Kier alpha value is -2.91. The first-order chi connectivity index (χ1) is 15.5. The zero-order chi connectivity index (χ0) is 24.3. The van der Waals surface area contributed by atoms with Gasteiger partial charge in [-0.3, -0.25) is 9.10 Å². The van der Waals surface area contributed by atoms with Gasteiger partial charge >= 0.3 is 0 Å². The first kappa shape index (κ1) is 24.7. The smallest absolute Gasteiger partial charge is 0.260 e. The van der Waals surface area contributed by atoms with Crippen LogP contribution in [0.25, 0.3) is 5.69 Å². The summed E-state index contributed by atoms with van der Waals surface area (Å²) in [6, 6.07) is 15.0. The quantitative estimate of drug-likeness (QED) is 0.363. The van der Waals surface area contributed by atoms with Crippen LogP contribution in [0, 0.1) is 27.7 Å². The van der Waals surface area contributed by atoms with Crippen molar-refractivity contribution in [2.75, 3.05) is 17.1 Å². The fraction of sp³-hybridized carbons (Fsp3) is 0.250. The lowest BCUT2D eigenvalue weighted by molar-refractivity contribution is -0.119. The standard InChI is InChI=1S/C24H27BrN4O3S/c1-16-6-9-23(12-17(16)2)29-18(3)13-20(19(29)4)14-26-27-24(30)15-28(33(5,31)32)22-10-7-21(25)8-11-22/h6-14H,15H2,1-5H3,(H,27,30)/b26-14-. The average Bonchev–Trinajstić information content (AvgIpc) is 3.01. The molecule has 0 atom stereocenters. The van der Waals surface area contributed by atoms with Gasteiger partial charge in [-0.1, -0.05) is 22.0 Å². The lowest BCUT2D eigenvalue weighted by atomic mass is 10.1. The third-order valence-electron chi connectivity index (χ3n) is 5.41. The van der Waals surface area contributed by atoms with Crippen LogP contribution in [0.5, 0.6) is 0 Å². The van der Waals surface area contributed by atoms with Crippen LogP contribution >= 0.6 is 15.9 Å². The van der Waals surface area contributed by atoms with Crippen molar-refractivity contribution < 1.29 is 13.2 Å². The molecule has 0 aliphatic heterocycles. The lowest BCUT2D eigenvalue weighted by Gasteiger charge is -2.21. The maximum atomic E-state index is 12.4. The summed E-state index contributed by atoms with van der Waals surface area (Å²) >= 11 is 3.32. The molecule has 0 unspecified atom stereocenters. The molecular weight excluding hydrogens is 504 g/mol. The van der Waals surface area contributed by atoms with E-state index in [1.165, 1.54) is 11.1 Å². The molecule has 33 heavy (non-hydrogen) atoms. The Bertz CT molecular complexity index is 1310. The number of halogens is 1. The maximum absolute atomic E-state index is 12.4. The number of rotatable bonds is 7. The summed E-state index contributed by atoms with van der Waals surface area (Å²) in [7, 11) is -3.65. The number of aromatic nitrogens is 1. The van der Waals surface area contributed by atoms with Gasteiger partial charge in [-0.2, -0.15) is 5.10 Å². The Kier molecular flexibility index (Phi) is 7.44. The zero-order valence-electron chi connectivity index (χ0n) is 19.3. The van der Waals surface area contributed by atoms with Crippen molar-refractivity contribution >= 4 is 43.8 Å². The third-order valence-corrected chi connectivity index (χ3v) is 7.08. The molecule has 0 aliphatic rings. The topological polar surface area (TPSA) is 83.8 Å². The van der Waals surface area contributed by atoms with E-state index in [9.17, 15) is 13.2 Å². The van der Waals surface area contributed by atoms with Crippen molar-refractivity contribution in [3.63, 3.8) is 0 Å². The largest absolute Gasteiger partial charge is 0.318 e. The SMILES string of the molecule is Cc1ccc(-n2c(C)cc(/C=N\NC(=O)CN(c3ccc(Br)cc3)S(C)(=O)=O)c2C)cc1C. The predicted molar refractivity (Wildman–Crippen MR) is 137 cm³/mol. The van der Waals surface area contributed by atoms with E-state index in [1.807, 2.05) is 19.9 Å². The number of hydrazone groups is 1. The molecule has 7 nitrogen and oxygen atoms in total. The minimum absolute atomic E-state index is 0.376. The van der Waals surface area contributed by atoms with Crippen LogP contribution in [-0.2, 0) is 14.8 Å². The molecule has 1 amide bonds. The Morgan fingerprint density at radius 2 is 1.73 bits per heavy atom. The first-order valence-corrected chi connectivity index (χ1v) is 12.9. The summed E-state index contributed by atoms with van der Waals surface area (Å²) < 4.78 is 28.4. The molecular formula is C24H27BrN4O3S. The van der Waals surface area contributed by atoms with E-state index in [1.54, 1.807) is 30.5 Å². The summed E-state index contributed by atoms with van der Waals surface area (Å²) in [4.78, 5) is 12.4. The van der Waals surface area contributed by atoms with E-state index in [0.717, 1.165) is 37.7 Å². The minimum atomic E-state index is -3.65. The van der Waals surface area contributed by atoms with Crippen LogP contribution < -0.4 is 9.73 Å². The number of carbonyl (C=O) groups is 1. The van der Waals surface area contributed by atoms with Gasteiger partial charge in [0.2, 0.25) is 10.0 Å². The number of nitrogens with zero attached hydrogens (tertiary/aromatic N) is 3. The minimum Gasteiger partial charge on any atom is -0.318 e. The molecule has 3 rings (SSSR count). The van der Waals surface area contributed by atoms with E-state index in [0.29, 0.717) is 5.69 Å². The molecule has 0 saturated carbocycles. The van der Waals surface area contributed by atoms with Crippen LogP contribution in [0.1, 0.15) is 28.1 Å². The summed E-state index contributed by atoms with van der Waals surface area (Å²) in [6.45, 7) is 7.79. The molecule has 3 aromatic rings. The fourth-order valence-electron chi connectivity index (χ4n) is 3.53. The second-order valence-corrected chi connectivity index (χ2v) is 10.8. The zero-order valence-corrected chi connectivity index (χ0v) is 21.7. The van der Waals surface area contributed by atoms with Crippen LogP contribution in [0.15, 0.2) is 58.1 Å². The maximum Gasteiger partial charge on any atom is 0.260 e. The molecule has 2 aromatic carbocycles. The lowest BCUT2D eigenvalue weighted by Crippen LogP contribution is -2.39. The summed E-state index contributed by atoms with van der Waals surface area (Å²) in [5, 5.41) is 4.06. The molecule has 1 aromatic heterocycles. The number of benzene rings is 2. The first-order valence-electron chi connectivity index (χ1n) is 10.3. The molecule has 9 heteroatoms. The van der Waals surface area contributed by atoms with Gasteiger partial charge in [0.15, 0.2) is 0 Å². The number of amides is 1. The number of hydrogen-bond donors (Lipinski definition) is 1. The summed E-state index contributed by atoms with van der Waals surface area (Å²) in [6.07, 6.45) is 2.63. The van der Waals surface area contributed by atoms with Crippen molar-refractivity contribution in [3.8, 4) is 5.69 Å². The highest BCUT2D eigenvalue weighted by atomic mass is 79.9. The summed E-state index contributed by atoms with van der Waals surface area (Å²) in [5.41, 5.74) is 9.23. The molecule has 0 saturated heterocycles. The predicted octanol–water partition coefficient (Wildman–Crippen LogP) is 4.39. The summed E-state index contributed by atoms with van der Waals surface area (Å²) in [5.74, 6) is -0.539. The Labute approximate surface area is 203 Å². The highest BCUT2D eigenvalue weighted by Crippen LogP contribution is 2.22. The Balaban J connectivity index is 1.75. The van der Waals surface area contributed by atoms with Crippen molar-refractivity contribution in [2.24, 2.45) is 5.10 Å². The van der Waals surface area contributed by atoms with Crippen LogP contribution in [-0.4, -0.2) is 37.9 Å². The number of sulfonamides is 1. The average molecular weight is 531 g/mol. The van der Waals surface area contributed by atoms with Crippen molar-refractivity contribution in [1.82, 2.24) is 9.99 Å². The van der Waals surface area contributed by atoms with Gasteiger partial charge in [-0.25, -0.2) is 13.8 Å². The second kappa shape index (κ2) is 9.93. The second-order valence-electron chi connectivity index (χ2n) is 7.97. The highest BCUT2D eigenvalue weighted by Gasteiger charge is 2.20. The van der Waals surface area contributed by atoms with E-state index >= 15 is 0 Å². The Morgan fingerprint density at radius 1 is 1.06 bits per heavy atom. The molecule has 0 aliphatic carbocycles. The molecule has 0 bridgehead atoms. The van der Waals surface area contributed by atoms with Crippen molar-refractivity contribution in [1.29, 1.82) is 0 Å². The monoisotopic (exact) mass is 530 g/mol. The molecule has 0 radical (unpaired) electrons. The van der Waals surface area contributed by atoms with Gasteiger partial charge in [0.05, 0.1) is 18.2 Å². The van der Waals surface area contributed by atoms with Crippen molar-refractivity contribution in [3.05, 3.63) is 81.1 Å². The normalized spacial score (nSPS) is 11.7.